The van der Waals surface area contributed by atoms with E-state index in [4.69, 9.17) is 4.74 Å². The van der Waals surface area contributed by atoms with Crippen LogP contribution in [-0.4, -0.2) is 36.1 Å². The van der Waals surface area contributed by atoms with E-state index in [9.17, 15) is 4.79 Å². The molecular weight excluding hydrogens is 304 g/mol. The molecule has 2 aromatic rings. The Morgan fingerprint density at radius 1 is 1.38 bits per heavy atom. The summed E-state index contributed by atoms with van der Waals surface area (Å²) in [6, 6.07) is 9.28. The van der Waals surface area contributed by atoms with E-state index in [-0.39, 0.29) is 11.8 Å². The molecule has 24 heavy (non-hydrogen) atoms. The van der Waals surface area contributed by atoms with Gasteiger partial charge < -0.3 is 15.0 Å². The fourth-order valence-corrected chi connectivity index (χ4v) is 2.91. The first-order valence-electron chi connectivity index (χ1n) is 8.15. The van der Waals surface area contributed by atoms with Gasteiger partial charge in [0.2, 0.25) is 11.9 Å². The molecule has 6 heteroatoms. The summed E-state index contributed by atoms with van der Waals surface area (Å²) in [6.07, 6.45) is 3.59. The Labute approximate surface area is 141 Å². The van der Waals surface area contributed by atoms with Gasteiger partial charge in [-0.1, -0.05) is 6.07 Å². The van der Waals surface area contributed by atoms with Crippen LogP contribution in [0.15, 0.2) is 36.5 Å². The lowest BCUT2D eigenvalue weighted by atomic mass is 9.97. The average molecular weight is 326 g/mol. The van der Waals surface area contributed by atoms with Crippen molar-refractivity contribution in [1.29, 1.82) is 0 Å². The molecule has 0 bridgehead atoms. The monoisotopic (exact) mass is 326 g/mol. The van der Waals surface area contributed by atoms with E-state index >= 15 is 0 Å². The Hall–Kier alpha value is -2.63. The standard InChI is InChI=1S/C18H22N4O2/c1-13-8-9-19-18(20-13)22-10-4-5-14(12-22)17(23)21-15-6-3-7-16(11-15)24-2/h3,6-9,11,14H,4-5,10,12H2,1-2H3,(H,21,23). The van der Waals surface area contributed by atoms with Crippen LogP contribution < -0.4 is 15.0 Å². The molecule has 1 amide bonds. The van der Waals surface area contributed by atoms with Gasteiger partial charge in [0.05, 0.1) is 13.0 Å². The quantitative estimate of drug-likeness (QED) is 0.935. The molecule has 1 saturated heterocycles. The van der Waals surface area contributed by atoms with Gasteiger partial charge in [-0.25, -0.2) is 9.97 Å². The third-order valence-corrected chi connectivity index (χ3v) is 4.19. The predicted octanol–water partition coefficient (Wildman–Crippen LogP) is 2.65. The summed E-state index contributed by atoms with van der Waals surface area (Å²) in [5, 5.41) is 2.98. The number of carbonyl (C=O) groups is 1. The van der Waals surface area contributed by atoms with Gasteiger partial charge in [-0.3, -0.25) is 4.79 Å². The number of methoxy groups -OCH3 is 1. The van der Waals surface area contributed by atoms with Crippen molar-refractivity contribution in [2.24, 2.45) is 5.92 Å². The van der Waals surface area contributed by atoms with Crippen LogP contribution in [0.3, 0.4) is 0 Å². The molecule has 0 spiro atoms. The van der Waals surface area contributed by atoms with Crippen LogP contribution in [-0.2, 0) is 4.79 Å². The highest BCUT2D eigenvalue weighted by Crippen LogP contribution is 2.23. The first-order chi connectivity index (χ1) is 11.7. The average Bonchev–Trinajstić information content (AvgIpc) is 2.62. The van der Waals surface area contributed by atoms with Crippen LogP contribution in [0.2, 0.25) is 0 Å². The molecule has 0 saturated carbocycles. The maximum Gasteiger partial charge on any atom is 0.229 e. The highest BCUT2D eigenvalue weighted by Gasteiger charge is 2.27. The van der Waals surface area contributed by atoms with Gasteiger partial charge in [-0.05, 0) is 38.0 Å². The molecule has 1 unspecified atom stereocenters. The van der Waals surface area contributed by atoms with Gasteiger partial charge >= 0.3 is 0 Å². The van der Waals surface area contributed by atoms with Gasteiger partial charge in [0.25, 0.3) is 0 Å². The Morgan fingerprint density at radius 3 is 3.04 bits per heavy atom. The minimum Gasteiger partial charge on any atom is -0.497 e. The van der Waals surface area contributed by atoms with Crippen molar-refractivity contribution >= 4 is 17.5 Å². The minimum atomic E-state index is -0.0749. The zero-order valence-corrected chi connectivity index (χ0v) is 14.0. The van der Waals surface area contributed by atoms with Gasteiger partial charge in [0, 0.05) is 36.7 Å². The lowest BCUT2D eigenvalue weighted by molar-refractivity contribution is -0.120. The highest BCUT2D eigenvalue weighted by molar-refractivity contribution is 5.93. The molecule has 3 rings (SSSR count). The Bertz CT molecular complexity index is 720. The first-order valence-corrected chi connectivity index (χ1v) is 8.15. The molecule has 0 radical (unpaired) electrons. The molecule has 0 aliphatic carbocycles. The number of carbonyl (C=O) groups excluding carboxylic acids is 1. The van der Waals surface area contributed by atoms with Crippen molar-refractivity contribution in [2.45, 2.75) is 19.8 Å². The van der Waals surface area contributed by atoms with Crippen LogP contribution in [0.1, 0.15) is 18.5 Å². The van der Waals surface area contributed by atoms with Gasteiger partial charge in [0.1, 0.15) is 5.75 Å². The van der Waals surface area contributed by atoms with Crippen molar-refractivity contribution in [3.63, 3.8) is 0 Å². The second-order valence-corrected chi connectivity index (χ2v) is 6.00. The van der Waals surface area contributed by atoms with Crippen molar-refractivity contribution in [2.75, 3.05) is 30.4 Å². The van der Waals surface area contributed by atoms with Crippen molar-refractivity contribution < 1.29 is 9.53 Å². The van der Waals surface area contributed by atoms with E-state index in [0.29, 0.717) is 12.5 Å². The second kappa shape index (κ2) is 7.29. The number of piperidine rings is 1. The number of hydrogen-bond donors (Lipinski definition) is 1. The molecule has 6 nitrogen and oxygen atoms in total. The first kappa shape index (κ1) is 16.2. The number of benzene rings is 1. The molecule has 1 fully saturated rings. The number of nitrogens with one attached hydrogen (secondary N) is 1. The lowest BCUT2D eigenvalue weighted by Crippen LogP contribution is -2.41. The molecular formula is C18H22N4O2. The second-order valence-electron chi connectivity index (χ2n) is 6.00. The van der Waals surface area contributed by atoms with Crippen molar-refractivity contribution in [1.82, 2.24) is 9.97 Å². The maximum absolute atomic E-state index is 12.6. The Balaban J connectivity index is 1.66. The molecule has 1 N–H and O–H groups in total. The predicted molar refractivity (Wildman–Crippen MR) is 93.3 cm³/mol. The number of anilines is 2. The van der Waals surface area contributed by atoms with E-state index < -0.39 is 0 Å². The summed E-state index contributed by atoms with van der Waals surface area (Å²) in [5.41, 5.74) is 1.69. The number of amides is 1. The number of hydrogen-bond acceptors (Lipinski definition) is 5. The highest BCUT2D eigenvalue weighted by atomic mass is 16.5. The molecule has 1 aromatic carbocycles. The summed E-state index contributed by atoms with van der Waals surface area (Å²) in [4.78, 5) is 23.5. The topological polar surface area (TPSA) is 67.3 Å². The summed E-state index contributed by atoms with van der Waals surface area (Å²) in [5.74, 6) is 1.38. The van der Waals surface area contributed by atoms with Gasteiger partial charge in [0.15, 0.2) is 0 Å². The van der Waals surface area contributed by atoms with E-state index in [1.54, 1.807) is 13.3 Å². The summed E-state index contributed by atoms with van der Waals surface area (Å²) in [7, 11) is 1.61. The molecule has 1 atom stereocenters. The largest absolute Gasteiger partial charge is 0.497 e. The number of ether oxygens (including phenoxy) is 1. The summed E-state index contributed by atoms with van der Waals surface area (Å²) >= 11 is 0. The molecule has 2 heterocycles. The number of nitrogens with zero attached hydrogens (tertiary/aromatic N) is 3. The molecule has 1 aliphatic rings. The maximum atomic E-state index is 12.6. The lowest BCUT2D eigenvalue weighted by Gasteiger charge is -2.32. The van der Waals surface area contributed by atoms with E-state index in [1.807, 2.05) is 37.3 Å². The van der Waals surface area contributed by atoms with Gasteiger partial charge in [-0.2, -0.15) is 0 Å². The van der Waals surface area contributed by atoms with Crippen LogP contribution in [0.25, 0.3) is 0 Å². The Kier molecular flexibility index (Phi) is 4.93. The molecule has 126 valence electrons. The molecule has 1 aliphatic heterocycles. The fourth-order valence-electron chi connectivity index (χ4n) is 2.91. The summed E-state index contributed by atoms with van der Waals surface area (Å²) < 4.78 is 5.19. The van der Waals surface area contributed by atoms with Crippen LogP contribution in [0.5, 0.6) is 5.75 Å². The van der Waals surface area contributed by atoms with Crippen LogP contribution in [0, 0.1) is 12.8 Å². The third-order valence-electron chi connectivity index (χ3n) is 4.19. The van der Waals surface area contributed by atoms with Crippen molar-refractivity contribution in [3.8, 4) is 5.75 Å². The zero-order valence-electron chi connectivity index (χ0n) is 14.0. The number of aryl methyl sites for hydroxylation is 1. The Morgan fingerprint density at radius 2 is 2.25 bits per heavy atom. The normalized spacial score (nSPS) is 17.4. The van der Waals surface area contributed by atoms with Crippen LogP contribution in [0.4, 0.5) is 11.6 Å². The fraction of sp³-hybridized carbons (Fsp3) is 0.389. The molecule has 1 aromatic heterocycles. The van der Waals surface area contributed by atoms with E-state index in [1.165, 1.54) is 0 Å². The SMILES string of the molecule is COc1cccc(NC(=O)C2CCCN(c3nccc(C)n3)C2)c1. The summed E-state index contributed by atoms with van der Waals surface area (Å²) in [6.45, 7) is 3.47. The number of rotatable bonds is 4. The smallest absolute Gasteiger partial charge is 0.229 e. The van der Waals surface area contributed by atoms with Crippen LogP contribution >= 0.6 is 0 Å². The minimum absolute atomic E-state index is 0.0283. The zero-order chi connectivity index (χ0) is 16.9. The number of aromatic nitrogens is 2. The van der Waals surface area contributed by atoms with E-state index in [2.05, 4.69) is 20.2 Å². The van der Waals surface area contributed by atoms with Crippen molar-refractivity contribution in [3.05, 3.63) is 42.2 Å². The van der Waals surface area contributed by atoms with E-state index in [0.717, 1.165) is 36.5 Å². The van der Waals surface area contributed by atoms with Gasteiger partial charge in [-0.15, -0.1) is 0 Å². The third kappa shape index (κ3) is 3.82.